The Labute approximate surface area is 124 Å². The minimum absolute atomic E-state index is 0.109. The second-order valence-electron chi connectivity index (χ2n) is 6.08. The molecule has 1 heterocycles. The highest BCUT2D eigenvalue weighted by Gasteiger charge is 2.31. The van der Waals surface area contributed by atoms with Gasteiger partial charge in [-0.2, -0.15) is 4.91 Å². The zero-order valence-corrected chi connectivity index (χ0v) is 12.5. The van der Waals surface area contributed by atoms with Crippen LogP contribution >= 0.6 is 0 Å². The molecule has 0 radical (unpaired) electrons. The summed E-state index contributed by atoms with van der Waals surface area (Å²) in [7, 11) is 0. The summed E-state index contributed by atoms with van der Waals surface area (Å²) in [6.07, 6.45) is 3.04. The summed E-state index contributed by atoms with van der Waals surface area (Å²) in [6.45, 7) is 5.65. The highest BCUT2D eigenvalue weighted by molar-refractivity contribution is 5.69. The van der Waals surface area contributed by atoms with Crippen molar-refractivity contribution >= 4 is 6.09 Å². The molecule has 21 heavy (non-hydrogen) atoms. The fourth-order valence-electron chi connectivity index (χ4n) is 2.26. The van der Waals surface area contributed by atoms with E-state index in [0.29, 0.717) is 0 Å². The number of amides is 1. The van der Waals surface area contributed by atoms with Crippen molar-refractivity contribution in [3.8, 4) is 0 Å². The molecule has 0 spiro atoms. The first-order valence-electron chi connectivity index (χ1n) is 6.96. The van der Waals surface area contributed by atoms with Crippen molar-refractivity contribution in [2.45, 2.75) is 38.3 Å². The molecular weight excluding hydrogens is 268 g/mol. The smallest absolute Gasteiger partial charge is 0.414 e. The summed E-state index contributed by atoms with van der Waals surface area (Å²) >= 11 is 0. The fraction of sp³-hybridized carbons (Fsp3) is 0.438. The average molecular weight is 288 g/mol. The second-order valence-corrected chi connectivity index (χ2v) is 6.08. The van der Waals surface area contributed by atoms with Gasteiger partial charge in [0.05, 0.1) is 6.54 Å². The molecule has 1 aromatic carbocycles. The van der Waals surface area contributed by atoms with Crippen LogP contribution in [-0.2, 0) is 4.74 Å². The molecule has 0 bridgehead atoms. The van der Waals surface area contributed by atoms with Crippen LogP contribution in [0.25, 0.3) is 0 Å². The molecule has 1 aromatic rings. The van der Waals surface area contributed by atoms with Gasteiger partial charge in [-0.1, -0.05) is 41.6 Å². The Morgan fingerprint density at radius 1 is 1.29 bits per heavy atom. The van der Waals surface area contributed by atoms with Crippen molar-refractivity contribution in [3.63, 3.8) is 0 Å². The molecule has 1 amide bonds. The molecular formula is C16H20N2O3. The second kappa shape index (κ2) is 6.08. The van der Waals surface area contributed by atoms with Crippen LogP contribution < -0.4 is 0 Å². The lowest BCUT2D eigenvalue weighted by Gasteiger charge is -2.31. The van der Waals surface area contributed by atoms with E-state index in [4.69, 9.17) is 4.74 Å². The van der Waals surface area contributed by atoms with Gasteiger partial charge in [-0.25, -0.2) is 4.79 Å². The molecule has 0 aromatic heterocycles. The van der Waals surface area contributed by atoms with Crippen molar-refractivity contribution in [2.24, 2.45) is 5.18 Å². The number of carbonyl (C=O) groups excluding carboxylic acids is 1. The summed E-state index contributed by atoms with van der Waals surface area (Å²) in [5, 5.41) is 3.18. The van der Waals surface area contributed by atoms with Crippen LogP contribution in [0.3, 0.4) is 0 Å². The first-order chi connectivity index (χ1) is 9.90. The average Bonchev–Trinajstić information content (AvgIpc) is 2.45. The topological polar surface area (TPSA) is 59.0 Å². The number of hydrogen-bond acceptors (Lipinski definition) is 4. The zero-order valence-electron chi connectivity index (χ0n) is 12.5. The number of hydrogen-bond donors (Lipinski definition) is 0. The van der Waals surface area contributed by atoms with Crippen LogP contribution in [0, 0.1) is 4.91 Å². The third-order valence-electron chi connectivity index (χ3n) is 3.22. The van der Waals surface area contributed by atoms with Crippen molar-refractivity contribution < 1.29 is 9.53 Å². The Balaban J connectivity index is 2.15. The SMILES string of the molecule is CC(C)(C)OC(=O)N1C=C[C@H](c2ccccc2)[C@@H](N=O)C1. The minimum Gasteiger partial charge on any atom is -0.443 e. The first-order valence-corrected chi connectivity index (χ1v) is 6.96. The van der Waals surface area contributed by atoms with E-state index in [9.17, 15) is 9.70 Å². The molecule has 5 nitrogen and oxygen atoms in total. The van der Waals surface area contributed by atoms with Crippen molar-refractivity contribution in [2.75, 3.05) is 6.54 Å². The molecule has 0 saturated carbocycles. The zero-order chi connectivity index (χ0) is 15.5. The predicted octanol–water partition coefficient (Wildman–Crippen LogP) is 3.67. The lowest BCUT2D eigenvalue weighted by atomic mass is 9.90. The van der Waals surface area contributed by atoms with Gasteiger partial charge in [-0.05, 0) is 26.3 Å². The molecule has 112 valence electrons. The molecule has 1 aliphatic rings. The maximum Gasteiger partial charge on any atom is 0.414 e. The molecule has 5 heteroatoms. The van der Waals surface area contributed by atoms with Crippen molar-refractivity contribution in [3.05, 3.63) is 53.1 Å². The molecule has 1 aliphatic heterocycles. The molecule has 0 N–H and O–H groups in total. The quantitative estimate of drug-likeness (QED) is 0.780. The van der Waals surface area contributed by atoms with Gasteiger partial charge in [-0.3, -0.25) is 4.90 Å². The van der Waals surface area contributed by atoms with E-state index in [-0.39, 0.29) is 12.5 Å². The Morgan fingerprint density at radius 3 is 2.52 bits per heavy atom. The summed E-state index contributed by atoms with van der Waals surface area (Å²) in [6, 6.07) is 9.17. The monoisotopic (exact) mass is 288 g/mol. The van der Waals surface area contributed by atoms with Gasteiger partial charge >= 0.3 is 6.09 Å². The third-order valence-corrected chi connectivity index (χ3v) is 3.22. The van der Waals surface area contributed by atoms with Crippen LogP contribution in [-0.4, -0.2) is 29.2 Å². The highest BCUT2D eigenvalue weighted by Crippen LogP contribution is 2.28. The molecule has 0 saturated heterocycles. The number of carbonyl (C=O) groups is 1. The predicted molar refractivity (Wildman–Crippen MR) is 80.8 cm³/mol. The Morgan fingerprint density at radius 2 is 1.95 bits per heavy atom. The van der Waals surface area contributed by atoms with E-state index in [1.165, 1.54) is 4.90 Å². The highest BCUT2D eigenvalue weighted by atomic mass is 16.6. The van der Waals surface area contributed by atoms with Crippen LogP contribution in [0.4, 0.5) is 4.79 Å². The summed E-state index contributed by atoms with van der Waals surface area (Å²) in [5.74, 6) is -0.109. The summed E-state index contributed by atoms with van der Waals surface area (Å²) < 4.78 is 5.30. The largest absolute Gasteiger partial charge is 0.443 e. The van der Waals surface area contributed by atoms with Gasteiger partial charge in [0.1, 0.15) is 11.6 Å². The number of benzene rings is 1. The normalized spacial score (nSPS) is 22.0. The molecule has 2 atom stereocenters. The van der Waals surface area contributed by atoms with Gasteiger partial charge < -0.3 is 4.74 Å². The Bertz CT molecular complexity index is 534. The van der Waals surface area contributed by atoms with E-state index in [2.05, 4.69) is 5.18 Å². The molecule has 0 aliphatic carbocycles. The standard InChI is InChI=1S/C16H20N2O3/c1-16(2,3)21-15(19)18-10-9-13(14(11-18)17-20)12-7-5-4-6-8-12/h4-10,13-14H,11H2,1-3H3/t13-,14+/m1/s1. The number of nitroso groups, excluding NO2 is 1. The van der Waals surface area contributed by atoms with Gasteiger partial charge in [-0.15, -0.1) is 0 Å². The fourth-order valence-corrected chi connectivity index (χ4v) is 2.26. The Kier molecular flexibility index (Phi) is 4.40. The van der Waals surface area contributed by atoms with E-state index >= 15 is 0 Å². The molecule has 0 unspecified atom stereocenters. The third kappa shape index (κ3) is 3.90. The van der Waals surface area contributed by atoms with Gasteiger partial charge in [0, 0.05) is 12.1 Å². The molecule has 0 fully saturated rings. The van der Waals surface area contributed by atoms with Crippen LogP contribution in [0.5, 0.6) is 0 Å². The number of ether oxygens (including phenoxy) is 1. The lowest BCUT2D eigenvalue weighted by Crippen LogP contribution is -2.41. The Hall–Kier alpha value is -2.17. The van der Waals surface area contributed by atoms with Gasteiger partial charge in [0.15, 0.2) is 0 Å². The number of rotatable bonds is 2. The summed E-state index contributed by atoms with van der Waals surface area (Å²) in [4.78, 5) is 24.6. The van der Waals surface area contributed by atoms with Gasteiger partial charge in [0.25, 0.3) is 0 Å². The van der Waals surface area contributed by atoms with E-state index in [1.807, 2.05) is 36.4 Å². The maximum absolute atomic E-state index is 12.0. The van der Waals surface area contributed by atoms with Crippen molar-refractivity contribution in [1.29, 1.82) is 0 Å². The van der Waals surface area contributed by atoms with Crippen molar-refractivity contribution in [1.82, 2.24) is 4.90 Å². The molecule has 2 rings (SSSR count). The van der Waals surface area contributed by atoms with Gasteiger partial charge in [0.2, 0.25) is 0 Å². The van der Waals surface area contributed by atoms with E-state index in [0.717, 1.165) is 5.56 Å². The summed E-state index contributed by atoms with van der Waals surface area (Å²) in [5.41, 5.74) is 0.452. The number of nitrogens with zero attached hydrogens (tertiary/aromatic N) is 2. The van der Waals surface area contributed by atoms with Crippen LogP contribution in [0.1, 0.15) is 32.3 Å². The van der Waals surface area contributed by atoms with E-state index < -0.39 is 17.7 Å². The minimum atomic E-state index is -0.564. The maximum atomic E-state index is 12.0. The van der Waals surface area contributed by atoms with Crippen LogP contribution in [0.15, 0.2) is 47.8 Å². The lowest BCUT2D eigenvalue weighted by molar-refractivity contribution is 0.0315. The van der Waals surface area contributed by atoms with Crippen LogP contribution in [0.2, 0.25) is 0 Å². The van der Waals surface area contributed by atoms with E-state index in [1.54, 1.807) is 27.0 Å². The first kappa shape index (κ1) is 15.2.